The number of rotatable bonds is 2. The van der Waals surface area contributed by atoms with E-state index in [2.05, 4.69) is 5.32 Å². The first-order valence-corrected chi connectivity index (χ1v) is 4.48. The monoisotopic (exact) mass is 202 g/mol. The number of carbonyl (C=O) groups is 1. The average molecular weight is 203 g/mol. The molecule has 1 saturated heterocycles. The van der Waals surface area contributed by atoms with Gasteiger partial charge < -0.3 is 10.1 Å². The highest BCUT2D eigenvalue weighted by Gasteiger charge is 2.37. The van der Waals surface area contributed by atoms with E-state index in [0.717, 1.165) is 0 Å². The quantitative estimate of drug-likeness (QED) is 0.660. The van der Waals surface area contributed by atoms with Crippen LogP contribution in [0.2, 0.25) is 0 Å². The first kappa shape index (κ1) is 10.3. The molecule has 72 valence electrons. The summed E-state index contributed by atoms with van der Waals surface area (Å²) in [6.07, 6.45) is 0.527. The second kappa shape index (κ2) is 3.95. The van der Waals surface area contributed by atoms with Crippen molar-refractivity contribution in [2.45, 2.75) is 24.3 Å². The van der Waals surface area contributed by atoms with Crippen molar-refractivity contribution < 1.29 is 9.53 Å². The lowest BCUT2D eigenvalue weighted by atomic mass is 10.0. The van der Waals surface area contributed by atoms with Crippen LogP contribution in [-0.2, 0) is 9.53 Å². The summed E-state index contributed by atoms with van der Waals surface area (Å²) in [7, 11) is 0. The minimum absolute atomic E-state index is 0.249. The molecule has 1 heterocycles. The van der Waals surface area contributed by atoms with Crippen molar-refractivity contribution in [3.63, 3.8) is 0 Å². The largest absolute Gasteiger partial charge is 0.378 e. The molecule has 0 aromatic rings. The number of amides is 1. The van der Waals surface area contributed by atoms with Gasteiger partial charge in [0.25, 0.3) is 0 Å². The van der Waals surface area contributed by atoms with Gasteiger partial charge in [-0.15, -0.1) is 11.6 Å². The molecule has 1 aliphatic heterocycles. The minimum Gasteiger partial charge on any atom is -0.378 e. The third-order valence-electron chi connectivity index (χ3n) is 1.96. The van der Waals surface area contributed by atoms with Gasteiger partial charge in [0.1, 0.15) is 5.38 Å². The number of nitrogens with zero attached hydrogens (tertiary/aromatic N) is 1. The normalized spacial score (nSPS) is 29.3. The van der Waals surface area contributed by atoms with Crippen molar-refractivity contribution in [1.29, 1.82) is 5.26 Å². The summed E-state index contributed by atoms with van der Waals surface area (Å²) in [6.45, 7) is 2.32. The molecule has 0 aliphatic carbocycles. The highest BCUT2D eigenvalue weighted by atomic mass is 35.5. The molecule has 0 spiro atoms. The minimum atomic E-state index is -0.861. The van der Waals surface area contributed by atoms with E-state index in [1.807, 2.05) is 6.07 Å². The molecule has 0 aromatic heterocycles. The van der Waals surface area contributed by atoms with Crippen LogP contribution in [0.3, 0.4) is 0 Å². The average Bonchev–Trinajstić information content (AvgIpc) is 2.54. The Balaban J connectivity index is 2.60. The molecule has 0 saturated carbocycles. The van der Waals surface area contributed by atoms with E-state index in [1.165, 1.54) is 0 Å². The smallest absolute Gasteiger partial charge is 0.239 e. The van der Waals surface area contributed by atoms with Crippen LogP contribution in [0.5, 0.6) is 0 Å². The van der Waals surface area contributed by atoms with Gasteiger partial charge in [-0.1, -0.05) is 0 Å². The fourth-order valence-electron chi connectivity index (χ4n) is 1.11. The molecule has 5 heteroatoms. The number of nitriles is 1. The number of hydrogen-bond acceptors (Lipinski definition) is 3. The first-order valence-electron chi connectivity index (χ1n) is 4.05. The van der Waals surface area contributed by atoms with E-state index in [-0.39, 0.29) is 12.5 Å². The van der Waals surface area contributed by atoms with Crippen LogP contribution in [0, 0.1) is 11.3 Å². The Morgan fingerprint density at radius 2 is 2.54 bits per heavy atom. The molecule has 2 atom stereocenters. The van der Waals surface area contributed by atoms with Crippen LogP contribution >= 0.6 is 11.6 Å². The molecule has 1 fully saturated rings. The van der Waals surface area contributed by atoms with Crippen molar-refractivity contribution in [2.24, 2.45) is 0 Å². The molecule has 0 bridgehead atoms. The van der Waals surface area contributed by atoms with E-state index < -0.39 is 10.9 Å². The molecule has 1 amide bonds. The Hall–Kier alpha value is -0.790. The molecule has 1 N–H and O–H groups in total. The van der Waals surface area contributed by atoms with Crippen LogP contribution in [0.25, 0.3) is 0 Å². The van der Waals surface area contributed by atoms with Crippen LogP contribution in [0.4, 0.5) is 0 Å². The fourth-order valence-corrected chi connectivity index (χ4v) is 1.17. The van der Waals surface area contributed by atoms with Gasteiger partial charge in [0.15, 0.2) is 5.54 Å². The standard InChI is InChI=1S/C8H11ClN2O2/c1-6(9)7(12)11-8(4-10)2-3-13-5-8/h6H,2-3,5H2,1H3,(H,11,12). The van der Waals surface area contributed by atoms with Crippen molar-refractivity contribution in [3.05, 3.63) is 0 Å². The van der Waals surface area contributed by atoms with Gasteiger partial charge >= 0.3 is 0 Å². The molecule has 0 radical (unpaired) electrons. The van der Waals surface area contributed by atoms with Gasteiger partial charge in [-0.05, 0) is 6.92 Å². The summed E-state index contributed by atoms with van der Waals surface area (Å²) >= 11 is 5.56. The number of carbonyl (C=O) groups excluding carboxylic acids is 1. The number of halogens is 1. The Bertz CT molecular complexity index is 241. The molecule has 13 heavy (non-hydrogen) atoms. The zero-order chi connectivity index (χ0) is 9.90. The Kier molecular flexibility index (Phi) is 3.12. The van der Waals surface area contributed by atoms with Gasteiger partial charge in [0.2, 0.25) is 5.91 Å². The van der Waals surface area contributed by atoms with Gasteiger partial charge in [0.05, 0.1) is 19.3 Å². The molecular formula is C8H11ClN2O2. The number of nitrogens with one attached hydrogen (secondary N) is 1. The Morgan fingerprint density at radius 3 is 2.92 bits per heavy atom. The Labute approximate surface area is 81.8 Å². The fraction of sp³-hybridized carbons (Fsp3) is 0.750. The predicted molar refractivity (Wildman–Crippen MR) is 47.2 cm³/mol. The van der Waals surface area contributed by atoms with Gasteiger partial charge in [-0.3, -0.25) is 4.79 Å². The van der Waals surface area contributed by atoms with Crippen molar-refractivity contribution >= 4 is 17.5 Å². The maximum atomic E-state index is 11.2. The third-order valence-corrected chi connectivity index (χ3v) is 2.16. The second-order valence-electron chi connectivity index (χ2n) is 3.10. The van der Waals surface area contributed by atoms with Crippen molar-refractivity contribution in [1.82, 2.24) is 5.32 Å². The number of hydrogen-bond donors (Lipinski definition) is 1. The van der Waals surface area contributed by atoms with E-state index in [0.29, 0.717) is 13.0 Å². The molecular weight excluding hydrogens is 192 g/mol. The molecule has 1 aliphatic rings. The zero-order valence-corrected chi connectivity index (χ0v) is 8.10. The van der Waals surface area contributed by atoms with E-state index >= 15 is 0 Å². The van der Waals surface area contributed by atoms with Crippen molar-refractivity contribution in [2.75, 3.05) is 13.2 Å². The SMILES string of the molecule is CC(Cl)C(=O)NC1(C#N)CCOC1. The lowest BCUT2D eigenvalue weighted by Gasteiger charge is -2.20. The maximum absolute atomic E-state index is 11.2. The predicted octanol–water partition coefficient (Wildman–Crippen LogP) is 0.413. The highest BCUT2D eigenvalue weighted by molar-refractivity contribution is 6.30. The summed E-state index contributed by atoms with van der Waals surface area (Å²) in [6, 6.07) is 2.05. The molecule has 0 aromatic carbocycles. The van der Waals surface area contributed by atoms with E-state index in [4.69, 9.17) is 21.6 Å². The van der Waals surface area contributed by atoms with Crippen LogP contribution in [-0.4, -0.2) is 30.0 Å². The van der Waals surface area contributed by atoms with Crippen LogP contribution in [0.15, 0.2) is 0 Å². The topological polar surface area (TPSA) is 62.1 Å². The van der Waals surface area contributed by atoms with Gasteiger partial charge in [-0.2, -0.15) is 5.26 Å². The first-order chi connectivity index (χ1) is 6.09. The van der Waals surface area contributed by atoms with Gasteiger partial charge in [-0.25, -0.2) is 0 Å². The van der Waals surface area contributed by atoms with Crippen LogP contribution in [0.1, 0.15) is 13.3 Å². The summed E-state index contributed by atoms with van der Waals surface area (Å²) in [5, 5.41) is 10.8. The molecule has 1 rings (SSSR count). The zero-order valence-electron chi connectivity index (χ0n) is 7.34. The highest BCUT2D eigenvalue weighted by Crippen LogP contribution is 2.17. The second-order valence-corrected chi connectivity index (χ2v) is 3.76. The number of alkyl halides is 1. The van der Waals surface area contributed by atoms with E-state index in [9.17, 15) is 4.79 Å². The maximum Gasteiger partial charge on any atom is 0.239 e. The summed E-state index contributed by atoms with van der Waals surface area (Å²) in [5.41, 5.74) is -0.861. The van der Waals surface area contributed by atoms with Crippen molar-refractivity contribution in [3.8, 4) is 6.07 Å². The summed E-state index contributed by atoms with van der Waals surface area (Å²) in [4.78, 5) is 11.2. The molecule has 4 nitrogen and oxygen atoms in total. The Morgan fingerprint density at radius 1 is 1.85 bits per heavy atom. The van der Waals surface area contributed by atoms with Crippen LogP contribution < -0.4 is 5.32 Å². The third kappa shape index (κ3) is 2.33. The lowest BCUT2D eigenvalue weighted by molar-refractivity contribution is -0.121. The number of ether oxygens (including phenoxy) is 1. The molecule has 2 unspecified atom stereocenters. The van der Waals surface area contributed by atoms with E-state index in [1.54, 1.807) is 6.92 Å². The summed E-state index contributed by atoms with van der Waals surface area (Å²) in [5.74, 6) is -0.325. The lowest BCUT2D eigenvalue weighted by Crippen LogP contribution is -2.50. The van der Waals surface area contributed by atoms with Gasteiger partial charge in [0, 0.05) is 6.42 Å². The summed E-state index contributed by atoms with van der Waals surface area (Å²) < 4.78 is 5.05.